The highest BCUT2D eigenvalue weighted by molar-refractivity contribution is 6.04. The molecule has 4 rings (SSSR count). The Hall–Kier alpha value is -3.41. The van der Waals surface area contributed by atoms with E-state index in [1.165, 1.54) is 11.0 Å². The summed E-state index contributed by atoms with van der Waals surface area (Å²) in [6, 6.07) is 15.1. The normalized spacial score (nSPS) is 11.5. The van der Waals surface area contributed by atoms with Crippen molar-refractivity contribution >= 4 is 28.2 Å². The first-order valence-electron chi connectivity index (χ1n) is 7.43. The summed E-state index contributed by atoms with van der Waals surface area (Å²) in [5, 5.41) is 5.13. The van der Waals surface area contributed by atoms with Gasteiger partial charge in [-0.15, -0.1) is 0 Å². The maximum Gasteiger partial charge on any atom is 0.298 e. The van der Waals surface area contributed by atoms with Gasteiger partial charge in [0, 0.05) is 10.9 Å². The van der Waals surface area contributed by atoms with Crippen molar-refractivity contribution in [2.75, 3.05) is 7.11 Å². The van der Waals surface area contributed by atoms with Gasteiger partial charge in [0.2, 0.25) is 0 Å². The molecule has 0 aliphatic rings. The Labute approximate surface area is 137 Å². The number of methoxy groups -OCH3 is 1. The topological polar surface area (TPSA) is 72.3 Å². The number of aromatic amines is 1. The molecule has 0 saturated carbocycles. The summed E-state index contributed by atoms with van der Waals surface area (Å²) in [5.41, 5.74) is 2.62. The SMILES string of the molecule is COc1ccc(/C=N/n2cnc3c([nH]c4ccccc43)c2=O)cc1. The molecule has 2 heterocycles. The maximum atomic E-state index is 12.6. The van der Waals surface area contributed by atoms with Gasteiger partial charge in [-0.1, -0.05) is 18.2 Å². The number of hydrogen-bond donors (Lipinski definition) is 1. The minimum Gasteiger partial charge on any atom is -0.497 e. The molecule has 1 N–H and O–H groups in total. The Bertz CT molecular complexity index is 1110. The van der Waals surface area contributed by atoms with Crippen LogP contribution in [-0.4, -0.2) is 28.0 Å². The maximum absolute atomic E-state index is 12.6. The summed E-state index contributed by atoms with van der Waals surface area (Å²) in [6.07, 6.45) is 3.04. The quantitative estimate of drug-likeness (QED) is 0.590. The Morgan fingerprint density at radius 3 is 2.75 bits per heavy atom. The average Bonchev–Trinajstić information content (AvgIpc) is 3.01. The summed E-state index contributed by atoms with van der Waals surface area (Å²) < 4.78 is 6.34. The first kappa shape index (κ1) is 14.2. The second-order valence-electron chi connectivity index (χ2n) is 5.31. The van der Waals surface area contributed by atoms with Gasteiger partial charge in [0.15, 0.2) is 0 Å². The lowest BCUT2D eigenvalue weighted by Crippen LogP contribution is -2.17. The van der Waals surface area contributed by atoms with Gasteiger partial charge in [-0.2, -0.15) is 9.78 Å². The summed E-state index contributed by atoms with van der Waals surface area (Å²) >= 11 is 0. The van der Waals surface area contributed by atoms with Gasteiger partial charge in [-0.25, -0.2) is 4.98 Å². The van der Waals surface area contributed by atoms with Gasteiger partial charge in [-0.05, 0) is 35.9 Å². The second-order valence-corrected chi connectivity index (χ2v) is 5.31. The van der Waals surface area contributed by atoms with E-state index < -0.39 is 0 Å². The average molecular weight is 318 g/mol. The third kappa shape index (κ3) is 2.34. The third-order valence-electron chi connectivity index (χ3n) is 3.84. The van der Waals surface area contributed by atoms with E-state index in [-0.39, 0.29) is 5.56 Å². The number of rotatable bonds is 3. The van der Waals surface area contributed by atoms with Crippen molar-refractivity contribution in [1.29, 1.82) is 0 Å². The number of para-hydroxylation sites is 1. The molecule has 0 atom stereocenters. The predicted molar refractivity (Wildman–Crippen MR) is 93.8 cm³/mol. The van der Waals surface area contributed by atoms with Crippen molar-refractivity contribution in [1.82, 2.24) is 14.6 Å². The lowest BCUT2D eigenvalue weighted by Gasteiger charge is -2.00. The molecule has 0 radical (unpaired) electrons. The van der Waals surface area contributed by atoms with Crippen LogP contribution in [0, 0.1) is 0 Å². The van der Waals surface area contributed by atoms with E-state index >= 15 is 0 Å². The number of H-pyrrole nitrogens is 1. The molecule has 2 aromatic carbocycles. The van der Waals surface area contributed by atoms with Crippen LogP contribution in [0.3, 0.4) is 0 Å². The summed E-state index contributed by atoms with van der Waals surface area (Å²) in [6.45, 7) is 0. The molecule has 6 heteroatoms. The Morgan fingerprint density at radius 1 is 1.17 bits per heavy atom. The monoisotopic (exact) mass is 318 g/mol. The van der Waals surface area contributed by atoms with Crippen LogP contribution in [0.2, 0.25) is 0 Å². The van der Waals surface area contributed by atoms with E-state index in [9.17, 15) is 4.79 Å². The van der Waals surface area contributed by atoms with E-state index in [0.717, 1.165) is 22.2 Å². The highest BCUT2D eigenvalue weighted by Gasteiger charge is 2.09. The molecule has 0 aliphatic carbocycles. The first-order chi connectivity index (χ1) is 11.8. The lowest BCUT2D eigenvalue weighted by atomic mass is 10.2. The molecule has 0 fully saturated rings. The lowest BCUT2D eigenvalue weighted by molar-refractivity contribution is 0.415. The third-order valence-corrected chi connectivity index (χ3v) is 3.84. The fourth-order valence-electron chi connectivity index (χ4n) is 2.60. The Kier molecular flexibility index (Phi) is 3.35. The number of hydrogen-bond acceptors (Lipinski definition) is 4. The number of aromatic nitrogens is 3. The molecular weight excluding hydrogens is 304 g/mol. The van der Waals surface area contributed by atoms with Gasteiger partial charge < -0.3 is 9.72 Å². The largest absolute Gasteiger partial charge is 0.497 e. The zero-order chi connectivity index (χ0) is 16.5. The van der Waals surface area contributed by atoms with Crippen molar-refractivity contribution in [2.45, 2.75) is 0 Å². The van der Waals surface area contributed by atoms with Gasteiger partial charge in [0.05, 0.1) is 13.3 Å². The summed E-state index contributed by atoms with van der Waals surface area (Å²) in [4.78, 5) is 20.1. The van der Waals surface area contributed by atoms with Crippen molar-refractivity contribution in [2.24, 2.45) is 5.10 Å². The molecular formula is C18H14N4O2. The molecule has 0 saturated heterocycles. The van der Waals surface area contributed by atoms with E-state index in [1.54, 1.807) is 13.3 Å². The van der Waals surface area contributed by atoms with Crippen LogP contribution >= 0.6 is 0 Å². The standard InChI is InChI=1S/C18H14N4O2/c1-24-13-8-6-12(7-9-13)10-20-22-11-19-16-14-4-2-3-5-15(14)21-17(16)18(22)23/h2-11,21H,1H3/b20-10+. The van der Waals surface area contributed by atoms with Crippen LogP contribution in [0.4, 0.5) is 0 Å². The fourth-order valence-corrected chi connectivity index (χ4v) is 2.60. The number of ether oxygens (including phenoxy) is 1. The smallest absolute Gasteiger partial charge is 0.298 e. The minimum atomic E-state index is -0.235. The molecule has 0 aliphatic heterocycles. The van der Waals surface area contributed by atoms with Crippen LogP contribution < -0.4 is 10.3 Å². The van der Waals surface area contributed by atoms with Crippen LogP contribution in [0.15, 0.2) is 64.8 Å². The molecule has 0 unspecified atom stereocenters. The number of nitrogens with zero attached hydrogens (tertiary/aromatic N) is 3. The molecule has 0 spiro atoms. The zero-order valence-corrected chi connectivity index (χ0v) is 12.9. The molecule has 6 nitrogen and oxygen atoms in total. The molecule has 24 heavy (non-hydrogen) atoms. The first-order valence-corrected chi connectivity index (χ1v) is 7.43. The molecule has 2 aromatic heterocycles. The van der Waals surface area contributed by atoms with E-state index in [0.29, 0.717) is 11.0 Å². The van der Waals surface area contributed by atoms with Crippen LogP contribution in [0.25, 0.3) is 21.9 Å². The highest BCUT2D eigenvalue weighted by atomic mass is 16.5. The van der Waals surface area contributed by atoms with Crippen molar-refractivity contribution < 1.29 is 4.74 Å². The number of benzene rings is 2. The molecule has 0 amide bonds. The van der Waals surface area contributed by atoms with Crippen molar-refractivity contribution in [3.8, 4) is 5.75 Å². The fraction of sp³-hybridized carbons (Fsp3) is 0.0556. The Morgan fingerprint density at radius 2 is 1.96 bits per heavy atom. The minimum absolute atomic E-state index is 0.235. The molecule has 0 bridgehead atoms. The van der Waals surface area contributed by atoms with E-state index in [2.05, 4.69) is 15.1 Å². The highest BCUT2D eigenvalue weighted by Crippen LogP contribution is 2.20. The Balaban J connectivity index is 1.76. The predicted octanol–water partition coefficient (Wildman–Crippen LogP) is 2.77. The summed E-state index contributed by atoms with van der Waals surface area (Å²) in [5.74, 6) is 0.769. The van der Waals surface area contributed by atoms with Crippen molar-refractivity contribution in [3.63, 3.8) is 0 Å². The summed E-state index contributed by atoms with van der Waals surface area (Å²) in [7, 11) is 1.61. The van der Waals surface area contributed by atoms with Crippen molar-refractivity contribution in [3.05, 3.63) is 70.8 Å². The molecule has 4 aromatic rings. The van der Waals surface area contributed by atoms with Crippen LogP contribution in [0.1, 0.15) is 5.56 Å². The number of fused-ring (bicyclic) bond motifs is 3. The van der Waals surface area contributed by atoms with Gasteiger partial charge in [0.25, 0.3) is 5.56 Å². The van der Waals surface area contributed by atoms with Gasteiger partial charge in [0.1, 0.15) is 23.1 Å². The van der Waals surface area contributed by atoms with Gasteiger partial charge >= 0.3 is 0 Å². The second kappa shape index (κ2) is 5.66. The molecule has 118 valence electrons. The van der Waals surface area contributed by atoms with Crippen LogP contribution in [-0.2, 0) is 0 Å². The zero-order valence-electron chi connectivity index (χ0n) is 12.9. The van der Waals surface area contributed by atoms with Crippen LogP contribution in [0.5, 0.6) is 5.75 Å². The number of nitrogens with one attached hydrogen (secondary N) is 1. The van der Waals surface area contributed by atoms with E-state index in [4.69, 9.17) is 4.74 Å². The van der Waals surface area contributed by atoms with Gasteiger partial charge in [-0.3, -0.25) is 4.79 Å². The van der Waals surface area contributed by atoms with E-state index in [1.807, 2.05) is 48.5 Å².